The van der Waals surface area contributed by atoms with E-state index in [2.05, 4.69) is 20.3 Å². The molecule has 2 aliphatic rings. The smallest absolute Gasteiger partial charge is 0.909 e. The van der Waals surface area contributed by atoms with E-state index in [1.165, 1.54) is 17.7 Å². The Labute approximate surface area is 237 Å². The molecule has 11 heteroatoms. The fraction of sp³-hybridized carbons (Fsp3) is 0.320. The topological polar surface area (TPSA) is 123 Å². The van der Waals surface area contributed by atoms with E-state index >= 15 is 0 Å². The van der Waals surface area contributed by atoms with Crippen molar-refractivity contribution in [1.29, 1.82) is 0 Å². The fourth-order valence-electron chi connectivity index (χ4n) is 3.14. The molecule has 5 rings (SSSR count). The summed E-state index contributed by atoms with van der Waals surface area (Å²) < 4.78 is 4.94. The van der Waals surface area contributed by atoms with Gasteiger partial charge < -0.3 is 31.7 Å². The molecule has 3 aromatic rings. The Bertz CT molecular complexity index is 1100. The number of allylic oxidation sites excluding steroid dienone is 1. The zero-order valence-corrected chi connectivity index (χ0v) is 23.3. The summed E-state index contributed by atoms with van der Waals surface area (Å²) in [6.45, 7) is 8.17. The number of aromatic nitrogens is 3. The summed E-state index contributed by atoms with van der Waals surface area (Å²) in [5.41, 5.74) is 2.58. The first-order chi connectivity index (χ1) is 17.0. The number of rotatable bonds is 5. The normalized spacial score (nSPS) is 16.1. The molecule has 2 fully saturated rings. The Morgan fingerprint density at radius 1 is 1.22 bits per heavy atom. The predicted molar refractivity (Wildman–Crippen MR) is 138 cm³/mol. The van der Waals surface area contributed by atoms with Gasteiger partial charge in [0.1, 0.15) is 16.8 Å². The molecule has 0 saturated carbocycles. The van der Waals surface area contributed by atoms with Crippen molar-refractivity contribution >= 4 is 29.4 Å². The molecule has 1 atom stereocenters. The second-order valence-corrected chi connectivity index (χ2v) is 8.62. The number of nitrogens with one attached hydrogen (secondary N) is 1. The summed E-state index contributed by atoms with van der Waals surface area (Å²) in [6.07, 6.45) is 4.79. The van der Waals surface area contributed by atoms with E-state index in [1.54, 1.807) is 30.6 Å². The van der Waals surface area contributed by atoms with E-state index in [0.717, 1.165) is 35.7 Å². The van der Waals surface area contributed by atoms with Crippen molar-refractivity contribution in [2.45, 2.75) is 25.4 Å². The molecule has 0 bridgehead atoms. The van der Waals surface area contributed by atoms with Crippen molar-refractivity contribution < 1.29 is 44.2 Å². The maximum absolute atomic E-state index is 10.6. The van der Waals surface area contributed by atoms with Gasteiger partial charge >= 0.3 is 29.6 Å². The summed E-state index contributed by atoms with van der Waals surface area (Å²) >= 11 is 1.55. The second kappa shape index (κ2) is 15.6. The van der Waals surface area contributed by atoms with E-state index < -0.39 is 6.10 Å². The van der Waals surface area contributed by atoms with E-state index in [4.69, 9.17) is 21.8 Å². The Balaban J connectivity index is 0.000000267. The van der Waals surface area contributed by atoms with Crippen LogP contribution in [0.25, 0.3) is 27.4 Å². The van der Waals surface area contributed by atoms with Gasteiger partial charge in [-0.15, -0.1) is 11.3 Å². The van der Waals surface area contributed by atoms with Crippen molar-refractivity contribution in [3.8, 4) is 22.0 Å². The van der Waals surface area contributed by atoms with Crippen LogP contribution in [-0.2, 0) is 9.53 Å². The van der Waals surface area contributed by atoms with E-state index in [9.17, 15) is 4.79 Å². The molecule has 2 aliphatic heterocycles. The molecule has 1 amide bonds. The SMILES string of the molecule is C1CCOC1.CN1CCC(O)C1=O.[CH-]=C(C=[N-])Nc1nccc(-c2csc(-c3ccccc3)n2)n1.[Na+]. The Morgan fingerprint density at radius 3 is 2.47 bits per heavy atom. The third-order valence-electron chi connectivity index (χ3n) is 5.06. The van der Waals surface area contributed by atoms with Crippen LogP contribution in [0, 0.1) is 6.58 Å². The first-order valence-electron chi connectivity index (χ1n) is 11.2. The van der Waals surface area contributed by atoms with Gasteiger partial charge in [-0.1, -0.05) is 30.3 Å². The van der Waals surface area contributed by atoms with Crippen LogP contribution in [0.15, 0.2) is 53.7 Å². The van der Waals surface area contributed by atoms with Gasteiger partial charge in [-0.25, -0.2) is 15.0 Å². The summed E-state index contributed by atoms with van der Waals surface area (Å²) in [5.74, 6) is 0.152. The summed E-state index contributed by atoms with van der Waals surface area (Å²) in [6, 6.07) is 11.7. The molecule has 36 heavy (non-hydrogen) atoms. The predicted octanol–water partition coefficient (Wildman–Crippen LogP) is 0.646. The Hall–Kier alpha value is -2.47. The van der Waals surface area contributed by atoms with Crippen LogP contribution in [0.1, 0.15) is 19.3 Å². The molecule has 0 radical (unpaired) electrons. The second-order valence-electron chi connectivity index (χ2n) is 7.76. The van der Waals surface area contributed by atoms with Crippen molar-refractivity contribution in [2.24, 2.45) is 0 Å². The Kier molecular flexibility index (Phi) is 12.9. The Morgan fingerprint density at radius 2 is 1.94 bits per heavy atom. The summed E-state index contributed by atoms with van der Waals surface area (Å²) in [5, 5.41) is 23.1. The van der Waals surface area contributed by atoms with Crippen LogP contribution in [0.4, 0.5) is 5.95 Å². The van der Waals surface area contributed by atoms with Gasteiger partial charge in [-0.3, -0.25) is 11.4 Å². The standard InChI is InChI=1S/C16H11N5S.C5H9NO2.C4H8O.Na/c1-11(9-17)19-16-18-8-7-13(21-16)14-10-22-15(20-14)12-5-3-2-4-6-12;1-6-3-2-4(7)5(6)8;1-2-4-5-3-1;/h1-10H,(H,18,19,21);4,7H,2-3H2,1H3;1-4H2;/q-2;;;+1. The maximum atomic E-state index is 10.6. The van der Waals surface area contributed by atoms with Crippen LogP contribution in [0.5, 0.6) is 0 Å². The first-order valence-corrected chi connectivity index (χ1v) is 12.1. The van der Waals surface area contributed by atoms with Crippen LogP contribution < -0.4 is 34.9 Å². The molecule has 9 nitrogen and oxygen atoms in total. The summed E-state index contributed by atoms with van der Waals surface area (Å²) in [4.78, 5) is 25.1. The molecule has 2 saturated heterocycles. The van der Waals surface area contributed by atoms with Crippen molar-refractivity contribution in [1.82, 2.24) is 19.9 Å². The minimum absolute atomic E-state index is 0. The third kappa shape index (κ3) is 9.20. The monoisotopic (exact) mass is 515 g/mol. The molecule has 184 valence electrons. The number of anilines is 1. The largest absolute Gasteiger partial charge is 1.00 e. The van der Waals surface area contributed by atoms with Crippen molar-refractivity contribution in [3.05, 3.63) is 65.7 Å². The molecule has 2 N–H and O–H groups in total. The molecular formula is C25H28N6NaO3S-. The molecule has 1 unspecified atom stereocenters. The number of hydrogen-bond donors (Lipinski definition) is 2. The number of hydrogen-bond acceptors (Lipinski definition) is 8. The molecular weight excluding hydrogens is 487 g/mol. The third-order valence-corrected chi connectivity index (χ3v) is 5.96. The van der Waals surface area contributed by atoms with Gasteiger partial charge in [-0.05, 0) is 25.3 Å². The zero-order chi connectivity index (χ0) is 25.0. The van der Waals surface area contributed by atoms with Crippen LogP contribution in [0.2, 0.25) is 0 Å². The number of aliphatic hydroxyl groups is 1. The van der Waals surface area contributed by atoms with E-state index in [-0.39, 0.29) is 41.2 Å². The van der Waals surface area contributed by atoms with Crippen LogP contribution >= 0.6 is 11.3 Å². The number of benzene rings is 1. The number of likely N-dealkylation sites (tertiary alicyclic amines) is 1. The molecule has 2 aromatic heterocycles. The van der Waals surface area contributed by atoms with Crippen molar-refractivity contribution in [3.63, 3.8) is 0 Å². The number of ether oxygens (including phenoxy) is 1. The van der Waals surface area contributed by atoms with Gasteiger partial charge in [0.2, 0.25) is 5.95 Å². The minimum Gasteiger partial charge on any atom is -0.909 e. The molecule has 0 aliphatic carbocycles. The number of amides is 1. The number of nitrogens with zero attached hydrogens (tertiary/aromatic N) is 5. The molecule has 4 heterocycles. The van der Waals surface area contributed by atoms with Crippen LogP contribution in [0.3, 0.4) is 0 Å². The van der Waals surface area contributed by atoms with Crippen LogP contribution in [-0.4, -0.2) is 70.0 Å². The molecule has 0 spiro atoms. The number of carbonyl (C=O) groups excluding carboxylic acids is 1. The molecule has 1 aromatic carbocycles. The average Bonchev–Trinajstić information content (AvgIpc) is 3.67. The average molecular weight is 516 g/mol. The minimum atomic E-state index is -0.722. The van der Waals surface area contributed by atoms with Gasteiger partial charge in [-0.2, -0.15) is 5.70 Å². The van der Waals surface area contributed by atoms with Gasteiger partial charge in [0, 0.05) is 43.9 Å². The number of aliphatic hydroxyl groups excluding tert-OH is 1. The van der Waals surface area contributed by atoms with E-state index in [0.29, 0.717) is 24.6 Å². The zero-order valence-electron chi connectivity index (χ0n) is 20.5. The summed E-state index contributed by atoms with van der Waals surface area (Å²) in [7, 11) is 1.69. The van der Waals surface area contributed by atoms with Crippen molar-refractivity contribution in [2.75, 3.05) is 32.1 Å². The maximum Gasteiger partial charge on any atom is 1.00 e. The fourth-order valence-corrected chi connectivity index (χ4v) is 3.96. The van der Waals surface area contributed by atoms with E-state index in [1.807, 2.05) is 35.7 Å². The van der Waals surface area contributed by atoms with Gasteiger partial charge in [0.05, 0.1) is 5.69 Å². The van der Waals surface area contributed by atoms with Gasteiger partial charge in [0.25, 0.3) is 5.91 Å². The number of thiazole rings is 1. The number of likely N-dealkylation sites (N-methyl/N-ethyl adjacent to an activating group) is 1. The quantitative estimate of drug-likeness (QED) is 0.291. The number of carbonyl (C=O) groups is 1. The van der Waals surface area contributed by atoms with Gasteiger partial charge in [0.15, 0.2) is 0 Å². The first kappa shape index (κ1) is 29.8.